The van der Waals surface area contributed by atoms with Crippen molar-refractivity contribution >= 4 is 11.6 Å². The van der Waals surface area contributed by atoms with Crippen LogP contribution in [0.2, 0.25) is 0 Å². The first-order valence-corrected chi connectivity index (χ1v) is 6.98. The van der Waals surface area contributed by atoms with Gasteiger partial charge in [0, 0.05) is 22.9 Å². The predicted molar refractivity (Wildman–Crippen MR) is 84.1 cm³/mol. The molecule has 0 bridgehead atoms. The molecular weight excluding hydrogens is 283 g/mol. The first-order chi connectivity index (χ1) is 10.4. The highest BCUT2D eigenvalue weighted by Crippen LogP contribution is 2.26. The van der Waals surface area contributed by atoms with Crippen molar-refractivity contribution in [2.75, 3.05) is 5.32 Å². The molecule has 0 radical (unpaired) electrons. The zero-order valence-electron chi connectivity index (χ0n) is 12.6. The second kappa shape index (κ2) is 6.58. The molecular formula is C17H19FN2O2. The molecule has 4 N–H and O–H groups in total. The molecule has 1 atom stereocenters. The van der Waals surface area contributed by atoms with Gasteiger partial charge in [0.1, 0.15) is 5.82 Å². The summed E-state index contributed by atoms with van der Waals surface area (Å²) >= 11 is 0. The fraction of sp³-hybridized carbons (Fsp3) is 0.235. The van der Waals surface area contributed by atoms with E-state index in [1.54, 1.807) is 13.0 Å². The molecule has 0 aliphatic heterocycles. The van der Waals surface area contributed by atoms with Crippen LogP contribution in [0, 0.1) is 12.7 Å². The van der Waals surface area contributed by atoms with Crippen LogP contribution in [0.4, 0.5) is 10.1 Å². The molecule has 116 valence electrons. The number of carbonyl (C=O) groups is 1. The summed E-state index contributed by atoms with van der Waals surface area (Å²) in [6.07, 6.45) is 0. The summed E-state index contributed by atoms with van der Waals surface area (Å²) in [5.74, 6) is -1.15. The highest BCUT2D eigenvalue weighted by molar-refractivity contribution is 5.94. The number of primary amides is 1. The molecule has 0 spiro atoms. The number of carbonyl (C=O) groups excluding carboxylic acids is 1. The van der Waals surface area contributed by atoms with Gasteiger partial charge < -0.3 is 16.2 Å². The van der Waals surface area contributed by atoms with Gasteiger partial charge in [-0.05, 0) is 37.1 Å². The van der Waals surface area contributed by atoms with Gasteiger partial charge in [-0.3, -0.25) is 4.79 Å². The van der Waals surface area contributed by atoms with E-state index < -0.39 is 11.7 Å². The van der Waals surface area contributed by atoms with Gasteiger partial charge in [0.05, 0.1) is 6.61 Å². The minimum absolute atomic E-state index is 0.0363. The van der Waals surface area contributed by atoms with E-state index in [1.807, 2.05) is 31.2 Å². The van der Waals surface area contributed by atoms with E-state index in [2.05, 4.69) is 5.32 Å². The molecule has 0 saturated heterocycles. The summed E-state index contributed by atoms with van der Waals surface area (Å²) in [6.45, 7) is 3.52. The fourth-order valence-corrected chi connectivity index (χ4v) is 2.25. The number of aliphatic hydroxyl groups excluding tert-OH is 1. The van der Waals surface area contributed by atoms with E-state index in [1.165, 1.54) is 0 Å². The lowest BCUT2D eigenvalue weighted by molar-refractivity contribution is 0.1000. The average Bonchev–Trinajstić information content (AvgIpc) is 2.51. The van der Waals surface area contributed by atoms with Crippen LogP contribution in [0.3, 0.4) is 0 Å². The smallest absolute Gasteiger partial charge is 0.248 e. The molecule has 1 amide bonds. The van der Waals surface area contributed by atoms with Crippen LogP contribution in [0.25, 0.3) is 0 Å². The zero-order chi connectivity index (χ0) is 16.3. The molecule has 0 aliphatic carbocycles. The van der Waals surface area contributed by atoms with Gasteiger partial charge in [0.25, 0.3) is 0 Å². The Morgan fingerprint density at radius 2 is 2.09 bits per heavy atom. The molecule has 1 unspecified atom stereocenters. The van der Waals surface area contributed by atoms with Crippen molar-refractivity contribution in [1.29, 1.82) is 0 Å². The summed E-state index contributed by atoms with van der Waals surface area (Å²) in [6, 6.07) is 10.0. The van der Waals surface area contributed by atoms with Gasteiger partial charge in [-0.1, -0.05) is 24.3 Å². The maximum atomic E-state index is 13.9. The Balaban J connectivity index is 2.31. The van der Waals surface area contributed by atoms with Crippen molar-refractivity contribution in [2.24, 2.45) is 5.73 Å². The van der Waals surface area contributed by atoms with Crippen LogP contribution < -0.4 is 11.1 Å². The van der Waals surface area contributed by atoms with Crippen LogP contribution >= 0.6 is 0 Å². The molecule has 5 heteroatoms. The van der Waals surface area contributed by atoms with E-state index in [9.17, 15) is 14.3 Å². The van der Waals surface area contributed by atoms with Crippen molar-refractivity contribution in [3.8, 4) is 0 Å². The Morgan fingerprint density at radius 1 is 1.36 bits per heavy atom. The molecule has 22 heavy (non-hydrogen) atoms. The second-order valence-electron chi connectivity index (χ2n) is 5.26. The number of aliphatic hydroxyl groups is 1. The van der Waals surface area contributed by atoms with Crippen molar-refractivity contribution < 1.29 is 14.3 Å². The van der Waals surface area contributed by atoms with Crippen molar-refractivity contribution in [3.63, 3.8) is 0 Å². The normalized spacial score (nSPS) is 12.0. The quantitative estimate of drug-likeness (QED) is 0.795. The number of rotatable bonds is 5. The first kappa shape index (κ1) is 16.0. The molecule has 0 fully saturated rings. The highest BCUT2D eigenvalue weighted by Gasteiger charge is 2.13. The number of hydrogen-bond donors (Lipinski definition) is 3. The first-order valence-electron chi connectivity index (χ1n) is 6.98. The Kier molecular flexibility index (Phi) is 4.78. The number of nitrogens with one attached hydrogen (secondary N) is 1. The summed E-state index contributed by atoms with van der Waals surface area (Å²) in [5.41, 5.74) is 8.06. The van der Waals surface area contributed by atoms with Crippen LogP contribution in [-0.2, 0) is 6.61 Å². The standard InChI is InChI=1S/C17H19FN2O2/c1-10-15(18)7-14(17(19)22)8-16(10)20-11(2)13-5-3-4-12(6-13)9-21/h3-8,11,20-21H,9H2,1-2H3,(H2,19,22). The van der Waals surface area contributed by atoms with E-state index in [0.717, 1.165) is 17.2 Å². The van der Waals surface area contributed by atoms with Crippen molar-refractivity contribution in [3.05, 3.63) is 64.5 Å². The topological polar surface area (TPSA) is 75.4 Å². The average molecular weight is 302 g/mol. The van der Waals surface area contributed by atoms with Crippen LogP contribution in [0.1, 0.15) is 40.0 Å². The van der Waals surface area contributed by atoms with Crippen LogP contribution in [0.5, 0.6) is 0 Å². The lowest BCUT2D eigenvalue weighted by Crippen LogP contribution is -2.14. The monoisotopic (exact) mass is 302 g/mol. The maximum Gasteiger partial charge on any atom is 0.248 e. The minimum atomic E-state index is -0.670. The number of halogens is 1. The summed E-state index contributed by atoms with van der Waals surface area (Å²) < 4.78 is 13.9. The van der Waals surface area contributed by atoms with E-state index in [-0.39, 0.29) is 18.2 Å². The van der Waals surface area contributed by atoms with Gasteiger partial charge in [-0.2, -0.15) is 0 Å². The number of nitrogens with two attached hydrogens (primary N) is 1. The van der Waals surface area contributed by atoms with Gasteiger partial charge >= 0.3 is 0 Å². The number of amides is 1. The molecule has 2 aromatic rings. The largest absolute Gasteiger partial charge is 0.392 e. The Morgan fingerprint density at radius 3 is 2.73 bits per heavy atom. The van der Waals surface area contributed by atoms with Crippen molar-refractivity contribution in [2.45, 2.75) is 26.5 Å². The summed E-state index contributed by atoms with van der Waals surface area (Å²) in [5, 5.41) is 12.4. The van der Waals surface area contributed by atoms with Gasteiger partial charge in [-0.15, -0.1) is 0 Å². The molecule has 4 nitrogen and oxygen atoms in total. The van der Waals surface area contributed by atoms with Crippen LogP contribution in [0.15, 0.2) is 36.4 Å². The van der Waals surface area contributed by atoms with E-state index >= 15 is 0 Å². The van der Waals surface area contributed by atoms with E-state index in [4.69, 9.17) is 5.73 Å². The molecule has 0 aliphatic rings. The predicted octanol–water partition coefficient (Wildman–Crippen LogP) is 2.90. The number of hydrogen-bond acceptors (Lipinski definition) is 3. The molecule has 2 rings (SSSR count). The van der Waals surface area contributed by atoms with Gasteiger partial charge in [0.15, 0.2) is 0 Å². The Hall–Kier alpha value is -2.40. The van der Waals surface area contributed by atoms with Gasteiger partial charge in [0.2, 0.25) is 5.91 Å². The number of benzene rings is 2. The van der Waals surface area contributed by atoms with Crippen molar-refractivity contribution in [1.82, 2.24) is 0 Å². The molecule has 2 aromatic carbocycles. The third kappa shape index (κ3) is 3.43. The third-order valence-electron chi connectivity index (χ3n) is 3.63. The number of anilines is 1. The second-order valence-corrected chi connectivity index (χ2v) is 5.26. The lowest BCUT2D eigenvalue weighted by Gasteiger charge is -2.19. The minimum Gasteiger partial charge on any atom is -0.392 e. The van der Waals surface area contributed by atoms with Crippen LogP contribution in [-0.4, -0.2) is 11.0 Å². The summed E-state index contributed by atoms with van der Waals surface area (Å²) in [4.78, 5) is 11.3. The Labute approximate surface area is 128 Å². The Bertz CT molecular complexity index is 701. The van der Waals surface area contributed by atoms with E-state index in [0.29, 0.717) is 11.3 Å². The maximum absolute atomic E-state index is 13.9. The highest BCUT2D eigenvalue weighted by atomic mass is 19.1. The van der Waals surface area contributed by atoms with Gasteiger partial charge in [-0.25, -0.2) is 4.39 Å². The summed E-state index contributed by atoms with van der Waals surface area (Å²) in [7, 11) is 0. The zero-order valence-corrected chi connectivity index (χ0v) is 12.6. The molecule has 0 heterocycles. The third-order valence-corrected chi connectivity index (χ3v) is 3.63. The SMILES string of the molecule is Cc1c(F)cc(C(N)=O)cc1NC(C)c1cccc(CO)c1. The fourth-order valence-electron chi connectivity index (χ4n) is 2.25. The molecule has 0 saturated carbocycles. The lowest BCUT2D eigenvalue weighted by atomic mass is 10.0. The molecule has 0 aromatic heterocycles.